The van der Waals surface area contributed by atoms with Crippen molar-refractivity contribution in [1.29, 1.82) is 0 Å². The Morgan fingerprint density at radius 1 is 1.50 bits per heavy atom. The summed E-state index contributed by atoms with van der Waals surface area (Å²) < 4.78 is 7.07. The number of aliphatic hydroxyl groups is 1. The third-order valence-corrected chi connectivity index (χ3v) is 4.50. The lowest BCUT2D eigenvalue weighted by atomic mass is 10.4. The lowest BCUT2D eigenvalue weighted by molar-refractivity contribution is 0.0840. The van der Waals surface area contributed by atoms with Crippen molar-refractivity contribution in [2.75, 3.05) is 26.4 Å². The highest BCUT2D eigenvalue weighted by molar-refractivity contribution is 7.21. The molecule has 0 bridgehead atoms. The molecule has 106 valence electrons. The number of fused-ring (bicyclic) bond motifs is 3. The summed E-state index contributed by atoms with van der Waals surface area (Å²) in [5, 5.41) is 13.3. The van der Waals surface area contributed by atoms with Gasteiger partial charge in [0.15, 0.2) is 4.96 Å². The first-order valence-electron chi connectivity index (χ1n) is 6.11. The number of thiazole rings is 1. The van der Waals surface area contributed by atoms with Crippen LogP contribution in [-0.4, -0.2) is 46.8 Å². The fourth-order valence-corrected chi connectivity index (χ4v) is 3.57. The van der Waals surface area contributed by atoms with E-state index < -0.39 is 0 Å². The number of carbonyl (C=O) groups excluding carboxylic acids is 1. The van der Waals surface area contributed by atoms with Gasteiger partial charge in [-0.2, -0.15) is 0 Å². The molecule has 3 aromatic rings. The number of thiophene rings is 1. The van der Waals surface area contributed by atoms with Gasteiger partial charge in [0.25, 0.3) is 5.91 Å². The van der Waals surface area contributed by atoms with E-state index in [1.165, 1.54) is 11.3 Å². The number of nitrogens with one attached hydrogen (secondary N) is 1. The van der Waals surface area contributed by atoms with Gasteiger partial charge >= 0.3 is 0 Å². The van der Waals surface area contributed by atoms with E-state index in [9.17, 15) is 4.79 Å². The molecule has 0 saturated carbocycles. The van der Waals surface area contributed by atoms with Crippen LogP contribution in [0.1, 0.15) is 9.67 Å². The molecule has 0 unspecified atom stereocenters. The van der Waals surface area contributed by atoms with E-state index in [4.69, 9.17) is 9.84 Å². The average Bonchev–Trinajstić information content (AvgIpc) is 3.09. The second-order valence-corrected chi connectivity index (χ2v) is 5.96. The molecule has 0 saturated heterocycles. The monoisotopic (exact) mass is 311 g/mol. The minimum absolute atomic E-state index is 0.00665. The molecule has 0 atom stereocenters. The van der Waals surface area contributed by atoms with Crippen LogP contribution in [-0.2, 0) is 4.74 Å². The van der Waals surface area contributed by atoms with Crippen LogP contribution >= 0.6 is 22.7 Å². The van der Waals surface area contributed by atoms with Crippen molar-refractivity contribution in [3.63, 3.8) is 0 Å². The highest BCUT2D eigenvalue weighted by Crippen LogP contribution is 2.27. The van der Waals surface area contributed by atoms with E-state index in [0.717, 1.165) is 15.3 Å². The van der Waals surface area contributed by atoms with Gasteiger partial charge in [-0.1, -0.05) is 0 Å². The van der Waals surface area contributed by atoms with Crippen molar-refractivity contribution in [2.24, 2.45) is 0 Å². The molecule has 0 aliphatic heterocycles. The number of ether oxygens (including phenoxy) is 1. The summed E-state index contributed by atoms with van der Waals surface area (Å²) in [6.07, 6.45) is 1.95. The summed E-state index contributed by atoms with van der Waals surface area (Å²) in [6.45, 7) is 1.10. The third-order valence-electron chi connectivity index (χ3n) is 2.73. The zero-order valence-electron chi connectivity index (χ0n) is 10.5. The Bertz CT molecular complexity index is 731. The van der Waals surface area contributed by atoms with Crippen LogP contribution in [0.2, 0.25) is 0 Å². The van der Waals surface area contributed by atoms with Crippen molar-refractivity contribution in [3.05, 3.63) is 22.5 Å². The van der Waals surface area contributed by atoms with Crippen LogP contribution < -0.4 is 5.32 Å². The Morgan fingerprint density at radius 2 is 2.40 bits per heavy atom. The van der Waals surface area contributed by atoms with E-state index in [-0.39, 0.29) is 12.5 Å². The highest BCUT2D eigenvalue weighted by atomic mass is 32.1. The van der Waals surface area contributed by atoms with Gasteiger partial charge in [0.05, 0.1) is 30.2 Å². The number of carbonyl (C=O) groups is 1. The summed E-state index contributed by atoms with van der Waals surface area (Å²) in [5.74, 6) is -0.121. The number of aromatic nitrogens is 2. The topological polar surface area (TPSA) is 75.9 Å². The zero-order chi connectivity index (χ0) is 13.9. The number of aliphatic hydroxyl groups excluding tert-OH is 1. The van der Waals surface area contributed by atoms with E-state index >= 15 is 0 Å². The molecule has 0 aliphatic carbocycles. The molecule has 1 amide bonds. The predicted molar refractivity (Wildman–Crippen MR) is 78.7 cm³/mol. The first-order chi connectivity index (χ1) is 9.79. The molecule has 0 fully saturated rings. The SMILES string of the molecule is O=C(NCCOCCO)c1cc2c(nc3sccn32)s1. The molecular formula is C12H13N3O3S2. The molecule has 2 N–H and O–H groups in total. The van der Waals surface area contributed by atoms with Crippen molar-refractivity contribution in [3.8, 4) is 0 Å². The maximum absolute atomic E-state index is 12.0. The van der Waals surface area contributed by atoms with Gasteiger partial charge in [0, 0.05) is 18.1 Å². The Hall–Kier alpha value is -1.48. The van der Waals surface area contributed by atoms with Gasteiger partial charge < -0.3 is 15.2 Å². The molecule has 6 nitrogen and oxygen atoms in total. The minimum atomic E-state index is -0.121. The van der Waals surface area contributed by atoms with E-state index in [1.54, 1.807) is 11.3 Å². The minimum Gasteiger partial charge on any atom is -0.394 e. The second kappa shape index (κ2) is 5.88. The van der Waals surface area contributed by atoms with Crippen LogP contribution in [0.5, 0.6) is 0 Å². The van der Waals surface area contributed by atoms with E-state index in [2.05, 4.69) is 10.3 Å². The molecule has 3 heterocycles. The Kier molecular flexibility index (Phi) is 3.97. The maximum atomic E-state index is 12.0. The smallest absolute Gasteiger partial charge is 0.261 e. The third kappa shape index (κ3) is 2.55. The predicted octanol–water partition coefficient (Wildman–Crippen LogP) is 1.35. The number of nitrogens with zero attached hydrogens (tertiary/aromatic N) is 2. The van der Waals surface area contributed by atoms with Gasteiger partial charge in [-0.3, -0.25) is 9.20 Å². The van der Waals surface area contributed by atoms with Crippen molar-refractivity contribution in [2.45, 2.75) is 0 Å². The molecule has 0 radical (unpaired) electrons. The highest BCUT2D eigenvalue weighted by Gasteiger charge is 2.14. The molecule has 3 aromatic heterocycles. The van der Waals surface area contributed by atoms with E-state index in [1.807, 2.05) is 22.0 Å². The lowest BCUT2D eigenvalue weighted by Gasteiger charge is -2.03. The van der Waals surface area contributed by atoms with Crippen LogP contribution in [0.15, 0.2) is 17.6 Å². The lowest BCUT2D eigenvalue weighted by Crippen LogP contribution is -2.26. The van der Waals surface area contributed by atoms with Crippen molar-refractivity contribution >= 4 is 43.9 Å². The molecule has 20 heavy (non-hydrogen) atoms. The van der Waals surface area contributed by atoms with Crippen molar-refractivity contribution in [1.82, 2.24) is 14.7 Å². The zero-order valence-corrected chi connectivity index (χ0v) is 12.2. The molecule has 3 rings (SSSR count). The summed E-state index contributed by atoms with van der Waals surface area (Å²) in [5.41, 5.74) is 0.966. The molecule has 0 aliphatic rings. The van der Waals surface area contributed by atoms with Gasteiger partial charge in [-0.05, 0) is 6.07 Å². The fourth-order valence-electron chi connectivity index (χ4n) is 1.85. The van der Waals surface area contributed by atoms with Gasteiger partial charge in [-0.25, -0.2) is 4.98 Å². The molecule has 8 heteroatoms. The summed E-state index contributed by atoms with van der Waals surface area (Å²) >= 11 is 2.96. The summed E-state index contributed by atoms with van der Waals surface area (Å²) in [7, 11) is 0. The first-order valence-corrected chi connectivity index (χ1v) is 7.81. The van der Waals surface area contributed by atoms with Gasteiger partial charge in [-0.15, -0.1) is 22.7 Å². The first kappa shape index (κ1) is 13.5. The van der Waals surface area contributed by atoms with Crippen molar-refractivity contribution < 1.29 is 14.6 Å². The van der Waals surface area contributed by atoms with Crippen LogP contribution in [0.4, 0.5) is 0 Å². The Morgan fingerprint density at radius 3 is 3.25 bits per heavy atom. The van der Waals surface area contributed by atoms with Crippen LogP contribution in [0, 0.1) is 0 Å². The van der Waals surface area contributed by atoms with Crippen LogP contribution in [0.3, 0.4) is 0 Å². The standard InChI is InChI=1S/C12H13N3O3S2/c16-3-5-18-4-1-13-10(17)9-7-8-11(20-9)14-12-15(8)2-6-19-12/h2,6-7,16H,1,3-5H2,(H,13,17). The number of imidazole rings is 1. The normalized spacial score (nSPS) is 11.4. The molecular weight excluding hydrogens is 298 g/mol. The molecule has 0 aromatic carbocycles. The molecule has 0 spiro atoms. The number of hydrogen-bond donors (Lipinski definition) is 2. The van der Waals surface area contributed by atoms with Crippen LogP contribution in [0.25, 0.3) is 15.3 Å². The maximum Gasteiger partial charge on any atom is 0.261 e. The number of hydrogen-bond acceptors (Lipinski definition) is 6. The summed E-state index contributed by atoms with van der Waals surface area (Å²) in [4.78, 5) is 18.9. The Labute approximate surface area is 122 Å². The van der Waals surface area contributed by atoms with E-state index in [0.29, 0.717) is 24.6 Å². The largest absolute Gasteiger partial charge is 0.394 e. The second-order valence-electron chi connectivity index (χ2n) is 4.06. The van der Waals surface area contributed by atoms with Gasteiger partial charge in [0.2, 0.25) is 0 Å². The Balaban J connectivity index is 1.67. The number of amides is 1. The fraction of sp³-hybridized carbons (Fsp3) is 0.333. The average molecular weight is 311 g/mol. The summed E-state index contributed by atoms with van der Waals surface area (Å²) in [6, 6.07) is 1.86. The quantitative estimate of drug-likeness (QED) is 0.674. The van der Waals surface area contributed by atoms with Gasteiger partial charge in [0.1, 0.15) is 4.83 Å². The number of rotatable bonds is 6.